The number of carbonyl (C=O) groups excluding carboxylic acids is 1. The molecule has 2 N–H and O–H groups in total. The van der Waals surface area contributed by atoms with E-state index in [1.165, 1.54) is 12.8 Å². The highest BCUT2D eigenvalue weighted by Gasteiger charge is 2.35. The highest BCUT2D eigenvalue weighted by Crippen LogP contribution is 2.35. The molecule has 1 aliphatic rings. The van der Waals surface area contributed by atoms with Gasteiger partial charge in [-0.2, -0.15) is 0 Å². The number of carbonyl (C=O) groups is 1. The van der Waals surface area contributed by atoms with Crippen LogP contribution in [0.25, 0.3) is 0 Å². The lowest BCUT2D eigenvalue weighted by Crippen LogP contribution is -2.50. The molecule has 0 spiro atoms. The van der Waals surface area contributed by atoms with Crippen LogP contribution in [0.4, 0.5) is 4.79 Å². The van der Waals surface area contributed by atoms with E-state index in [4.69, 9.17) is 4.74 Å². The van der Waals surface area contributed by atoms with Crippen molar-refractivity contribution in [1.82, 2.24) is 5.32 Å². The predicted octanol–water partition coefficient (Wildman–Crippen LogP) is 2.45. The van der Waals surface area contributed by atoms with Crippen molar-refractivity contribution in [2.45, 2.75) is 71.1 Å². The molecule has 0 saturated heterocycles. The largest absolute Gasteiger partial charge is 0.444 e. The van der Waals surface area contributed by atoms with Gasteiger partial charge in [0.2, 0.25) is 0 Å². The highest BCUT2D eigenvalue weighted by molar-refractivity contribution is 5.68. The maximum Gasteiger partial charge on any atom is 0.407 e. The molecule has 1 rings (SSSR count). The Morgan fingerprint density at radius 2 is 1.88 bits per heavy atom. The molecule has 17 heavy (non-hydrogen) atoms. The van der Waals surface area contributed by atoms with Gasteiger partial charge in [0.05, 0.1) is 11.6 Å². The van der Waals surface area contributed by atoms with Crippen molar-refractivity contribution in [2.75, 3.05) is 0 Å². The second-order valence-electron chi connectivity index (χ2n) is 6.53. The standard InChI is InChI=1S/C13H25NO3/c1-12(2,3)17-11(15)14-10(13(4,5)16)8-9-6-7-9/h9-10,16H,6-8H2,1-5H3,(H,14,15). The van der Waals surface area contributed by atoms with Gasteiger partial charge in [-0.05, 0) is 47.0 Å². The van der Waals surface area contributed by atoms with Crippen molar-refractivity contribution in [3.63, 3.8) is 0 Å². The summed E-state index contributed by atoms with van der Waals surface area (Å²) in [4.78, 5) is 11.7. The molecular weight excluding hydrogens is 218 g/mol. The number of alkyl carbamates (subject to hydrolysis) is 1. The lowest BCUT2D eigenvalue weighted by Gasteiger charge is -2.31. The van der Waals surface area contributed by atoms with Crippen molar-refractivity contribution in [3.05, 3.63) is 0 Å². The molecule has 0 aromatic heterocycles. The minimum Gasteiger partial charge on any atom is -0.444 e. The first-order valence-electron chi connectivity index (χ1n) is 6.30. The molecule has 0 aliphatic heterocycles. The summed E-state index contributed by atoms with van der Waals surface area (Å²) in [7, 11) is 0. The van der Waals surface area contributed by atoms with Crippen molar-refractivity contribution in [1.29, 1.82) is 0 Å². The molecule has 1 fully saturated rings. The first-order chi connectivity index (χ1) is 7.58. The Morgan fingerprint density at radius 1 is 1.35 bits per heavy atom. The van der Waals surface area contributed by atoms with Crippen LogP contribution in [0.15, 0.2) is 0 Å². The van der Waals surface area contributed by atoms with Gasteiger partial charge in [-0.1, -0.05) is 12.8 Å². The second-order valence-corrected chi connectivity index (χ2v) is 6.53. The monoisotopic (exact) mass is 243 g/mol. The summed E-state index contributed by atoms with van der Waals surface area (Å²) in [6, 6.07) is -0.246. The van der Waals surface area contributed by atoms with E-state index in [-0.39, 0.29) is 6.04 Å². The molecule has 1 unspecified atom stereocenters. The van der Waals surface area contributed by atoms with Gasteiger partial charge in [0.1, 0.15) is 5.60 Å². The van der Waals surface area contributed by atoms with Crippen LogP contribution in [0.3, 0.4) is 0 Å². The van der Waals surface area contributed by atoms with E-state index < -0.39 is 17.3 Å². The van der Waals surface area contributed by atoms with Gasteiger partial charge in [0.25, 0.3) is 0 Å². The van der Waals surface area contributed by atoms with E-state index >= 15 is 0 Å². The zero-order valence-corrected chi connectivity index (χ0v) is 11.5. The summed E-state index contributed by atoms with van der Waals surface area (Å²) in [5.41, 5.74) is -1.42. The average molecular weight is 243 g/mol. The number of amides is 1. The van der Waals surface area contributed by atoms with E-state index in [1.807, 2.05) is 20.8 Å². The normalized spacial score (nSPS) is 18.7. The van der Waals surface area contributed by atoms with Gasteiger partial charge in [-0.25, -0.2) is 4.79 Å². The fraction of sp³-hybridized carbons (Fsp3) is 0.923. The van der Waals surface area contributed by atoms with Gasteiger partial charge in [0.15, 0.2) is 0 Å². The molecule has 1 atom stereocenters. The molecule has 100 valence electrons. The van der Waals surface area contributed by atoms with Crippen LogP contribution in [0, 0.1) is 5.92 Å². The van der Waals surface area contributed by atoms with Gasteiger partial charge >= 0.3 is 6.09 Å². The smallest absolute Gasteiger partial charge is 0.407 e. The molecule has 0 radical (unpaired) electrons. The summed E-state index contributed by atoms with van der Waals surface area (Å²) in [5.74, 6) is 0.640. The molecule has 4 heteroatoms. The summed E-state index contributed by atoms with van der Waals surface area (Å²) in [6.45, 7) is 8.92. The maximum atomic E-state index is 11.7. The molecule has 1 aliphatic carbocycles. The molecule has 0 heterocycles. The maximum absolute atomic E-state index is 11.7. The Balaban J connectivity index is 2.50. The first kappa shape index (κ1) is 14.3. The number of ether oxygens (including phenoxy) is 1. The molecule has 1 saturated carbocycles. The van der Waals surface area contributed by atoms with E-state index in [0.717, 1.165) is 6.42 Å². The third-order valence-electron chi connectivity index (χ3n) is 2.81. The molecule has 1 amide bonds. The van der Waals surface area contributed by atoms with E-state index in [0.29, 0.717) is 5.92 Å². The average Bonchev–Trinajstić information content (AvgIpc) is 2.81. The predicted molar refractivity (Wildman–Crippen MR) is 66.8 cm³/mol. The van der Waals surface area contributed by atoms with Crippen molar-refractivity contribution < 1.29 is 14.6 Å². The number of rotatable bonds is 4. The number of hydrogen-bond acceptors (Lipinski definition) is 3. The first-order valence-corrected chi connectivity index (χ1v) is 6.30. The van der Waals surface area contributed by atoms with Gasteiger partial charge in [-0.3, -0.25) is 0 Å². The lowest BCUT2D eigenvalue weighted by molar-refractivity contribution is 0.0135. The van der Waals surface area contributed by atoms with E-state index in [1.54, 1.807) is 13.8 Å². The minimum atomic E-state index is -0.917. The molecule has 0 aromatic rings. The Bertz CT molecular complexity index is 271. The van der Waals surface area contributed by atoms with Crippen molar-refractivity contribution >= 4 is 6.09 Å². The van der Waals surface area contributed by atoms with E-state index in [2.05, 4.69) is 5.32 Å². The third-order valence-corrected chi connectivity index (χ3v) is 2.81. The fourth-order valence-electron chi connectivity index (χ4n) is 1.66. The molecule has 0 bridgehead atoms. The highest BCUT2D eigenvalue weighted by atomic mass is 16.6. The van der Waals surface area contributed by atoms with Crippen LogP contribution < -0.4 is 5.32 Å². The molecule has 4 nitrogen and oxygen atoms in total. The Kier molecular flexibility index (Phi) is 4.07. The molecular formula is C13H25NO3. The summed E-state index contributed by atoms with van der Waals surface area (Å²) in [6.07, 6.45) is 2.76. The van der Waals surface area contributed by atoms with Crippen LogP contribution in [0.2, 0.25) is 0 Å². The summed E-state index contributed by atoms with van der Waals surface area (Å²) in [5, 5.41) is 12.8. The second kappa shape index (κ2) is 4.84. The van der Waals surface area contributed by atoms with Gasteiger partial charge in [0, 0.05) is 0 Å². The van der Waals surface area contributed by atoms with Crippen LogP contribution in [-0.2, 0) is 4.74 Å². The minimum absolute atomic E-state index is 0.246. The van der Waals surface area contributed by atoms with Crippen LogP contribution in [0.1, 0.15) is 53.9 Å². The number of aliphatic hydroxyl groups is 1. The SMILES string of the molecule is CC(C)(C)OC(=O)NC(CC1CC1)C(C)(C)O. The zero-order valence-electron chi connectivity index (χ0n) is 11.5. The van der Waals surface area contributed by atoms with Crippen LogP contribution >= 0.6 is 0 Å². The van der Waals surface area contributed by atoms with Gasteiger partial charge < -0.3 is 15.2 Å². The van der Waals surface area contributed by atoms with Crippen LogP contribution in [0.5, 0.6) is 0 Å². The van der Waals surface area contributed by atoms with Gasteiger partial charge in [-0.15, -0.1) is 0 Å². The number of nitrogens with one attached hydrogen (secondary N) is 1. The van der Waals surface area contributed by atoms with E-state index in [9.17, 15) is 9.90 Å². The Hall–Kier alpha value is -0.770. The van der Waals surface area contributed by atoms with Crippen molar-refractivity contribution in [2.24, 2.45) is 5.92 Å². The Labute approximate surface area is 104 Å². The summed E-state index contributed by atoms with van der Waals surface area (Å²) < 4.78 is 5.20. The third kappa shape index (κ3) is 5.91. The molecule has 0 aromatic carbocycles. The summed E-state index contributed by atoms with van der Waals surface area (Å²) >= 11 is 0. The Morgan fingerprint density at radius 3 is 2.24 bits per heavy atom. The fourth-order valence-corrected chi connectivity index (χ4v) is 1.66. The topological polar surface area (TPSA) is 58.6 Å². The van der Waals surface area contributed by atoms with Crippen molar-refractivity contribution in [3.8, 4) is 0 Å². The number of hydrogen-bond donors (Lipinski definition) is 2. The quantitative estimate of drug-likeness (QED) is 0.797. The lowest BCUT2D eigenvalue weighted by atomic mass is 9.94. The van der Waals surface area contributed by atoms with Crippen LogP contribution in [-0.4, -0.2) is 28.4 Å². The zero-order chi connectivity index (χ0) is 13.3.